The number of fused-ring (bicyclic) bond motifs is 1. The van der Waals surface area contributed by atoms with Gasteiger partial charge in [0.1, 0.15) is 0 Å². The standard InChI is InChI=1S/C13H9N2S/c1-2-4-13-10(3-1)5-6-11(15-13)7-12-8-16-9-14-12/h1,3-6,8-9H,7H2. The Bertz CT molecular complexity index is 602. The highest BCUT2D eigenvalue weighted by Crippen LogP contribution is 2.14. The van der Waals surface area contributed by atoms with Crippen molar-refractivity contribution >= 4 is 22.2 Å². The van der Waals surface area contributed by atoms with Gasteiger partial charge in [-0.1, -0.05) is 18.2 Å². The number of hydrogen-bond acceptors (Lipinski definition) is 3. The van der Waals surface area contributed by atoms with Crippen LogP contribution in [0.15, 0.2) is 41.2 Å². The van der Waals surface area contributed by atoms with Gasteiger partial charge in [0.05, 0.1) is 16.7 Å². The largest absolute Gasteiger partial charge is 0.252 e. The molecule has 3 rings (SSSR count). The third-order valence-electron chi connectivity index (χ3n) is 2.44. The van der Waals surface area contributed by atoms with Crippen molar-refractivity contribution in [2.45, 2.75) is 6.42 Å². The van der Waals surface area contributed by atoms with E-state index in [1.807, 2.05) is 23.7 Å². The number of thiazole rings is 1. The van der Waals surface area contributed by atoms with E-state index in [9.17, 15) is 0 Å². The smallest absolute Gasteiger partial charge is 0.0794 e. The van der Waals surface area contributed by atoms with Gasteiger partial charge in [-0.25, -0.2) is 4.98 Å². The zero-order chi connectivity index (χ0) is 10.8. The molecule has 0 amide bonds. The Balaban J connectivity index is 1.99. The third-order valence-corrected chi connectivity index (χ3v) is 3.08. The topological polar surface area (TPSA) is 25.8 Å². The molecule has 16 heavy (non-hydrogen) atoms. The first-order valence-electron chi connectivity index (χ1n) is 5.04. The Hall–Kier alpha value is -1.74. The maximum Gasteiger partial charge on any atom is 0.0794 e. The molecule has 0 aliphatic heterocycles. The van der Waals surface area contributed by atoms with Crippen LogP contribution in [0.1, 0.15) is 11.4 Å². The highest BCUT2D eigenvalue weighted by molar-refractivity contribution is 7.07. The van der Waals surface area contributed by atoms with E-state index >= 15 is 0 Å². The van der Waals surface area contributed by atoms with Crippen LogP contribution in [0.2, 0.25) is 0 Å². The zero-order valence-electron chi connectivity index (χ0n) is 8.55. The third kappa shape index (κ3) is 1.82. The lowest BCUT2D eigenvalue weighted by Gasteiger charge is -2.00. The molecule has 0 atom stereocenters. The van der Waals surface area contributed by atoms with E-state index in [0.717, 1.165) is 28.7 Å². The summed E-state index contributed by atoms with van der Waals surface area (Å²) < 4.78 is 0. The lowest BCUT2D eigenvalue weighted by molar-refractivity contribution is 1.05. The highest BCUT2D eigenvalue weighted by atomic mass is 32.1. The highest BCUT2D eigenvalue weighted by Gasteiger charge is 2.01. The van der Waals surface area contributed by atoms with Crippen LogP contribution >= 0.6 is 11.3 Å². The van der Waals surface area contributed by atoms with Gasteiger partial charge in [0, 0.05) is 22.9 Å². The summed E-state index contributed by atoms with van der Waals surface area (Å²) in [6.45, 7) is 0. The van der Waals surface area contributed by atoms with Crippen molar-refractivity contribution in [3.63, 3.8) is 0 Å². The van der Waals surface area contributed by atoms with Gasteiger partial charge in [-0.15, -0.1) is 11.3 Å². The molecule has 0 bridgehead atoms. The molecule has 0 aliphatic carbocycles. The van der Waals surface area contributed by atoms with Crippen LogP contribution in [-0.4, -0.2) is 9.97 Å². The summed E-state index contributed by atoms with van der Waals surface area (Å²) in [6, 6.07) is 13.0. The molecule has 0 saturated heterocycles. The van der Waals surface area contributed by atoms with Crippen molar-refractivity contribution in [2.75, 3.05) is 0 Å². The van der Waals surface area contributed by atoms with Gasteiger partial charge in [-0.05, 0) is 18.2 Å². The second kappa shape index (κ2) is 4.02. The molecule has 3 heteroatoms. The predicted octanol–water partition coefficient (Wildman–Crippen LogP) is 3.08. The number of benzene rings is 1. The number of aromatic nitrogens is 2. The Labute approximate surface area is 97.6 Å². The molecule has 0 spiro atoms. The van der Waals surface area contributed by atoms with Gasteiger partial charge in [-0.2, -0.15) is 0 Å². The number of nitrogens with zero attached hydrogens (tertiary/aromatic N) is 2. The maximum absolute atomic E-state index is 4.58. The Kier molecular flexibility index (Phi) is 2.38. The van der Waals surface area contributed by atoms with Crippen molar-refractivity contribution in [3.8, 4) is 0 Å². The molecule has 2 aromatic heterocycles. The molecule has 2 nitrogen and oxygen atoms in total. The molecule has 2 heterocycles. The summed E-state index contributed by atoms with van der Waals surface area (Å²) >= 11 is 1.62. The number of pyridine rings is 1. The second-order valence-corrected chi connectivity index (χ2v) is 4.30. The molecule has 0 N–H and O–H groups in total. The van der Waals surface area contributed by atoms with E-state index in [0.29, 0.717) is 0 Å². The average Bonchev–Trinajstić information content (AvgIpc) is 2.82. The molecule has 3 aromatic rings. The summed E-state index contributed by atoms with van der Waals surface area (Å²) in [5, 5.41) is 3.21. The van der Waals surface area contributed by atoms with Crippen molar-refractivity contribution < 1.29 is 0 Å². The lowest BCUT2D eigenvalue weighted by Crippen LogP contribution is -1.92. The van der Waals surface area contributed by atoms with Crippen molar-refractivity contribution in [2.24, 2.45) is 0 Å². The molecule has 1 radical (unpaired) electrons. The maximum atomic E-state index is 4.58. The molecule has 1 aromatic carbocycles. The summed E-state index contributed by atoms with van der Waals surface area (Å²) in [7, 11) is 0. The van der Waals surface area contributed by atoms with E-state index < -0.39 is 0 Å². The number of hydrogen-bond donors (Lipinski definition) is 0. The zero-order valence-corrected chi connectivity index (χ0v) is 9.37. The average molecular weight is 225 g/mol. The minimum atomic E-state index is 0.800. The summed E-state index contributed by atoms with van der Waals surface area (Å²) in [5.74, 6) is 0. The molecule has 0 aliphatic rings. The quantitative estimate of drug-likeness (QED) is 0.669. The van der Waals surface area contributed by atoms with Crippen LogP contribution in [0.3, 0.4) is 0 Å². The van der Waals surface area contributed by atoms with Crippen LogP contribution < -0.4 is 0 Å². The molecular formula is C13H9N2S. The van der Waals surface area contributed by atoms with Gasteiger partial charge in [0.2, 0.25) is 0 Å². The van der Waals surface area contributed by atoms with E-state index in [2.05, 4.69) is 33.5 Å². The van der Waals surface area contributed by atoms with Crippen molar-refractivity contribution in [1.82, 2.24) is 9.97 Å². The molecular weight excluding hydrogens is 216 g/mol. The first-order chi connectivity index (χ1) is 7.92. The fraction of sp³-hybridized carbons (Fsp3) is 0.0769. The van der Waals surface area contributed by atoms with Crippen LogP contribution in [0.5, 0.6) is 0 Å². The van der Waals surface area contributed by atoms with Crippen LogP contribution in [0.25, 0.3) is 10.9 Å². The minimum Gasteiger partial charge on any atom is -0.252 e. The van der Waals surface area contributed by atoms with E-state index in [1.54, 1.807) is 11.3 Å². The van der Waals surface area contributed by atoms with E-state index in [1.165, 1.54) is 0 Å². The van der Waals surface area contributed by atoms with Gasteiger partial charge in [-0.3, -0.25) is 4.98 Å². The summed E-state index contributed by atoms with van der Waals surface area (Å²) in [6.07, 6.45) is 0.800. The van der Waals surface area contributed by atoms with E-state index in [-0.39, 0.29) is 0 Å². The van der Waals surface area contributed by atoms with Gasteiger partial charge >= 0.3 is 0 Å². The lowest BCUT2D eigenvalue weighted by atomic mass is 10.1. The van der Waals surface area contributed by atoms with E-state index in [4.69, 9.17) is 0 Å². The van der Waals surface area contributed by atoms with Crippen LogP contribution in [-0.2, 0) is 6.42 Å². The van der Waals surface area contributed by atoms with Crippen LogP contribution in [0.4, 0.5) is 0 Å². The summed E-state index contributed by atoms with van der Waals surface area (Å²) in [5.41, 5.74) is 4.98. The minimum absolute atomic E-state index is 0.800. The normalized spacial score (nSPS) is 10.8. The molecule has 0 fully saturated rings. The van der Waals surface area contributed by atoms with Crippen LogP contribution in [0, 0.1) is 6.07 Å². The second-order valence-electron chi connectivity index (χ2n) is 3.58. The predicted molar refractivity (Wildman–Crippen MR) is 65.5 cm³/mol. The number of rotatable bonds is 2. The Morgan fingerprint density at radius 1 is 1.19 bits per heavy atom. The summed E-state index contributed by atoms with van der Waals surface area (Å²) in [4.78, 5) is 8.85. The SMILES string of the molecule is [c]1ccc2ccc(Cc3cscn3)nc2c1. The Morgan fingerprint density at radius 2 is 2.19 bits per heavy atom. The van der Waals surface area contributed by atoms with Gasteiger partial charge < -0.3 is 0 Å². The fourth-order valence-electron chi connectivity index (χ4n) is 1.66. The fourth-order valence-corrected chi connectivity index (χ4v) is 2.22. The molecule has 77 valence electrons. The van der Waals surface area contributed by atoms with Gasteiger partial charge in [0.25, 0.3) is 0 Å². The Morgan fingerprint density at radius 3 is 3.06 bits per heavy atom. The monoisotopic (exact) mass is 225 g/mol. The van der Waals surface area contributed by atoms with Crippen molar-refractivity contribution in [1.29, 1.82) is 0 Å². The van der Waals surface area contributed by atoms with Crippen molar-refractivity contribution in [3.05, 3.63) is 58.7 Å². The first-order valence-corrected chi connectivity index (χ1v) is 5.99. The molecule has 0 saturated carbocycles. The molecule has 0 unspecified atom stereocenters. The first kappa shape index (κ1) is 9.48. The van der Waals surface area contributed by atoms with Gasteiger partial charge in [0.15, 0.2) is 0 Å².